The van der Waals surface area contributed by atoms with Crippen molar-refractivity contribution in [3.05, 3.63) is 83.4 Å². The molecule has 0 aliphatic carbocycles. The van der Waals surface area contributed by atoms with Gasteiger partial charge in [0.25, 0.3) is 0 Å². The molecule has 30 heavy (non-hydrogen) atoms. The van der Waals surface area contributed by atoms with Crippen LogP contribution in [0.4, 0.5) is 10.1 Å². The lowest BCUT2D eigenvalue weighted by molar-refractivity contribution is -0.113. The van der Waals surface area contributed by atoms with Crippen LogP contribution in [0.2, 0.25) is 5.02 Å². The predicted octanol–water partition coefficient (Wildman–Crippen LogP) is 4.89. The normalized spacial score (nSPS) is 10.9. The van der Waals surface area contributed by atoms with Gasteiger partial charge in [-0.3, -0.25) is 9.47 Å². The molecule has 2 heterocycles. The first-order valence-electron chi connectivity index (χ1n) is 9.05. The highest BCUT2D eigenvalue weighted by Crippen LogP contribution is 2.25. The van der Waals surface area contributed by atoms with Gasteiger partial charge in [0.1, 0.15) is 5.82 Å². The summed E-state index contributed by atoms with van der Waals surface area (Å²) in [5.41, 5.74) is 2.47. The predicted molar refractivity (Wildman–Crippen MR) is 116 cm³/mol. The molecule has 0 spiro atoms. The Morgan fingerprint density at radius 3 is 2.67 bits per heavy atom. The Balaban J connectivity index is 1.55. The molecule has 0 saturated heterocycles. The van der Waals surface area contributed by atoms with E-state index in [2.05, 4.69) is 15.5 Å². The van der Waals surface area contributed by atoms with E-state index in [1.165, 1.54) is 30.0 Å². The highest BCUT2D eigenvalue weighted by atomic mass is 35.5. The molecule has 2 aromatic carbocycles. The van der Waals surface area contributed by atoms with Crippen molar-refractivity contribution in [2.75, 3.05) is 11.1 Å². The van der Waals surface area contributed by atoms with Gasteiger partial charge in [0.05, 0.1) is 10.8 Å². The van der Waals surface area contributed by atoms with Crippen LogP contribution in [0.5, 0.6) is 0 Å². The molecular weight excluding hydrogens is 425 g/mol. The average Bonchev–Trinajstić information content (AvgIpc) is 3.38. The van der Waals surface area contributed by atoms with Gasteiger partial charge in [0.15, 0.2) is 5.82 Å². The number of thioether (sulfide) groups is 1. The number of rotatable bonds is 6. The number of hydrogen-bond acceptors (Lipinski definition) is 4. The summed E-state index contributed by atoms with van der Waals surface area (Å²) in [5.74, 6) is -0.0279. The van der Waals surface area contributed by atoms with Crippen LogP contribution >= 0.6 is 23.4 Å². The summed E-state index contributed by atoms with van der Waals surface area (Å²) in [6.07, 6.45) is 3.76. The molecule has 9 heteroatoms. The van der Waals surface area contributed by atoms with Crippen LogP contribution in [0, 0.1) is 12.7 Å². The SMILES string of the molecule is Cc1cccc(-c2nnc(SCC(=O)Nc3ccc(F)c(Cl)c3)n2-n2cccc2)c1. The zero-order chi connectivity index (χ0) is 21.1. The number of anilines is 1. The monoisotopic (exact) mass is 441 g/mol. The summed E-state index contributed by atoms with van der Waals surface area (Å²) in [7, 11) is 0. The first-order chi connectivity index (χ1) is 14.5. The molecule has 0 aliphatic rings. The van der Waals surface area contributed by atoms with Gasteiger partial charge in [-0.25, -0.2) is 9.07 Å². The highest BCUT2D eigenvalue weighted by Gasteiger charge is 2.17. The lowest BCUT2D eigenvalue weighted by Crippen LogP contribution is -2.16. The van der Waals surface area contributed by atoms with E-state index < -0.39 is 5.82 Å². The first kappa shape index (κ1) is 20.2. The van der Waals surface area contributed by atoms with Crippen LogP contribution < -0.4 is 5.32 Å². The minimum atomic E-state index is -0.535. The third-order valence-electron chi connectivity index (χ3n) is 4.24. The second-order valence-corrected chi connectivity index (χ2v) is 7.87. The van der Waals surface area contributed by atoms with Crippen LogP contribution in [0.1, 0.15) is 5.56 Å². The molecule has 0 aliphatic heterocycles. The molecule has 0 atom stereocenters. The Hall–Kier alpha value is -3.10. The van der Waals surface area contributed by atoms with Crippen molar-refractivity contribution >= 4 is 35.0 Å². The molecule has 1 amide bonds. The number of nitrogens with zero attached hydrogens (tertiary/aromatic N) is 4. The van der Waals surface area contributed by atoms with Crippen molar-refractivity contribution < 1.29 is 9.18 Å². The van der Waals surface area contributed by atoms with Gasteiger partial charge in [-0.1, -0.05) is 47.1 Å². The number of carbonyl (C=O) groups is 1. The van der Waals surface area contributed by atoms with Gasteiger partial charge in [-0.15, -0.1) is 10.2 Å². The molecule has 4 aromatic rings. The summed E-state index contributed by atoms with van der Waals surface area (Å²) < 4.78 is 17.0. The van der Waals surface area contributed by atoms with E-state index in [1.807, 2.05) is 65.1 Å². The molecule has 0 radical (unpaired) electrons. The quantitative estimate of drug-likeness (QED) is 0.433. The summed E-state index contributed by atoms with van der Waals surface area (Å²) in [4.78, 5) is 12.4. The molecule has 152 valence electrons. The Labute approximate surface area is 181 Å². The van der Waals surface area contributed by atoms with Crippen LogP contribution in [-0.4, -0.2) is 31.2 Å². The minimum Gasteiger partial charge on any atom is -0.325 e. The standard InChI is InChI=1S/C21H17ClFN5OS/c1-14-5-4-6-15(11-14)20-25-26-21(28(20)27-9-2-3-10-27)30-13-19(29)24-16-7-8-18(23)17(22)12-16/h2-12H,13H2,1H3,(H,24,29). The number of amides is 1. The second kappa shape index (κ2) is 8.73. The maximum Gasteiger partial charge on any atom is 0.234 e. The molecule has 0 saturated carbocycles. The Morgan fingerprint density at radius 1 is 1.13 bits per heavy atom. The zero-order valence-electron chi connectivity index (χ0n) is 15.9. The molecule has 1 N–H and O–H groups in total. The van der Waals surface area contributed by atoms with Crippen molar-refractivity contribution in [3.63, 3.8) is 0 Å². The Bertz CT molecular complexity index is 1190. The number of hydrogen-bond donors (Lipinski definition) is 1. The van der Waals surface area contributed by atoms with Gasteiger partial charge in [-0.2, -0.15) is 0 Å². The average molecular weight is 442 g/mol. The molecule has 2 aromatic heterocycles. The molecule has 4 rings (SSSR count). The van der Waals surface area contributed by atoms with E-state index in [9.17, 15) is 9.18 Å². The fourth-order valence-corrected chi connectivity index (χ4v) is 3.80. The van der Waals surface area contributed by atoms with Gasteiger partial charge >= 0.3 is 0 Å². The summed E-state index contributed by atoms with van der Waals surface area (Å²) in [6.45, 7) is 2.02. The lowest BCUT2D eigenvalue weighted by Gasteiger charge is -2.11. The Morgan fingerprint density at radius 2 is 1.93 bits per heavy atom. The van der Waals surface area contributed by atoms with Crippen LogP contribution in [0.3, 0.4) is 0 Å². The summed E-state index contributed by atoms with van der Waals surface area (Å²) in [5, 5.41) is 11.9. The highest BCUT2D eigenvalue weighted by molar-refractivity contribution is 7.99. The van der Waals surface area contributed by atoms with Gasteiger partial charge < -0.3 is 5.32 Å². The Kier molecular flexibility index (Phi) is 5.87. The van der Waals surface area contributed by atoms with Crippen LogP contribution in [0.15, 0.2) is 72.1 Å². The summed E-state index contributed by atoms with van der Waals surface area (Å²) in [6, 6.07) is 15.8. The van der Waals surface area contributed by atoms with Gasteiger partial charge in [-0.05, 0) is 43.3 Å². The van der Waals surface area contributed by atoms with Crippen molar-refractivity contribution in [1.82, 2.24) is 19.5 Å². The second-order valence-electron chi connectivity index (χ2n) is 6.52. The zero-order valence-corrected chi connectivity index (χ0v) is 17.5. The van der Waals surface area contributed by atoms with E-state index in [0.717, 1.165) is 11.1 Å². The van der Waals surface area contributed by atoms with Crippen LogP contribution in [-0.2, 0) is 4.79 Å². The number of nitrogens with one attached hydrogen (secondary N) is 1. The number of carbonyl (C=O) groups excluding carboxylic acids is 1. The third-order valence-corrected chi connectivity index (χ3v) is 5.45. The van der Waals surface area contributed by atoms with Crippen molar-refractivity contribution in [3.8, 4) is 11.4 Å². The third kappa shape index (κ3) is 4.39. The van der Waals surface area contributed by atoms with E-state index in [0.29, 0.717) is 16.7 Å². The summed E-state index contributed by atoms with van der Waals surface area (Å²) >= 11 is 7.01. The minimum absolute atomic E-state index is 0.0457. The number of benzene rings is 2. The topological polar surface area (TPSA) is 64.7 Å². The number of halogens is 2. The largest absolute Gasteiger partial charge is 0.325 e. The molecule has 0 bridgehead atoms. The lowest BCUT2D eigenvalue weighted by atomic mass is 10.1. The fourth-order valence-electron chi connectivity index (χ4n) is 2.89. The number of aryl methyl sites for hydroxylation is 1. The molecule has 6 nitrogen and oxygen atoms in total. The van der Waals surface area contributed by atoms with Crippen molar-refractivity contribution in [1.29, 1.82) is 0 Å². The van der Waals surface area contributed by atoms with Crippen LogP contribution in [0.25, 0.3) is 11.4 Å². The van der Waals surface area contributed by atoms with Gasteiger partial charge in [0.2, 0.25) is 11.1 Å². The van der Waals surface area contributed by atoms with Gasteiger partial charge in [0, 0.05) is 23.6 Å². The molecule has 0 unspecified atom stereocenters. The molecular formula is C21H17ClFN5OS. The number of aromatic nitrogens is 4. The maximum atomic E-state index is 13.3. The van der Waals surface area contributed by atoms with Crippen molar-refractivity contribution in [2.24, 2.45) is 0 Å². The van der Waals surface area contributed by atoms with E-state index >= 15 is 0 Å². The van der Waals surface area contributed by atoms with Crippen molar-refractivity contribution in [2.45, 2.75) is 12.1 Å². The van der Waals surface area contributed by atoms with E-state index in [4.69, 9.17) is 11.6 Å². The first-order valence-corrected chi connectivity index (χ1v) is 10.4. The molecule has 0 fully saturated rings. The fraction of sp³-hybridized carbons (Fsp3) is 0.0952. The van der Waals surface area contributed by atoms with E-state index in [1.54, 1.807) is 0 Å². The smallest absolute Gasteiger partial charge is 0.234 e. The maximum absolute atomic E-state index is 13.3. The van der Waals surface area contributed by atoms with E-state index in [-0.39, 0.29) is 16.7 Å².